The van der Waals surface area contributed by atoms with Gasteiger partial charge in [0.15, 0.2) is 0 Å². The summed E-state index contributed by atoms with van der Waals surface area (Å²) in [6.07, 6.45) is -0.545. The summed E-state index contributed by atoms with van der Waals surface area (Å²) in [6.45, 7) is 5.79. The number of hydrogen-bond acceptors (Lipinski definition) is 2. The lowest BCUT2D eigenvalue weighted by atomic mass is 10.1. The van der Waals surface area contributed by atoms with Gasteiger partial charge >= 0.3 is 6.09 Å². The van der Waals surface area contributed by atoms with E-state index in [9.17, 15) is 4.79 Å². The number of hydrogen-bond donors (Lipinski definition) is 1. The Kier molecular flexibility index (Phi) is 4.91. The van der Waals surface area contributed by atoms with E-state index < -0.39 is 6.09 Å². The first-order valence-electron chi connectivity index (χ1n) is 6.38. The molecule has 0 aromatic heterocycles. The third kappa shape index (κ3) is 3.99. The second kappa shape index (κ2) is 6.50. The Bertz CT molecular complexity index is 678. The van der Waals surface area contributed by atoms with Gasteiger partial charge in [0, 0.05) is 15.2 Å². The molecule has 21 heavy (non-hydrogen) atoms. The molecule has 2 aromatic carbocycles. The zero-order valence-electron chi connectivity index (χ0n) is 12.0. The molecular weight excluding hydrogens is 354 g/mol. The largest absolute Gasteiger partial charge is 0.417 e. The SMILES string of the molecule is Cc1ccc(NC(=O)Oc2cc(C)c(Br)c(C)c2)cc1Cl. The van der Waals surface area contributed by atoms with Crippen LogP contribution in [0.15, 0.2) is 34.8 Å². The highest BCUT2D eigenvalue weighted by atomic mass is 79.9. The van der Waals surface area contributed by atoms with Gasteiger partial charge in [0.25, 0.3) is 0 Å². The Morgan fingerprint density at radius 3 is 2.29 bits per heavy atom. The zero-order chi connectivity index (χ0) is 15.6. The van der Waals surface area contributed by atoms with Gasteiger partial charge in [-0.3, -0.25) is 5.32 Å². The Labute approximate surface area is 137 Å². The van der Waals surface area contributed by atoms with E-state index in [1.807, 2.05) is 26.8 Å². The maximum absolute atomic E-state index is 11.9. The molecule has 0 aliphatic rings. The Balaban J connectivity index is 2.09. The van der Waals surface area contributed by atoms with Gasteiger partial charge in [-0.25, -0.2) is 4.79 Å². The number of carbonyl (C=O) groups excluding carboxylic acids is 1. The Morgan fingerprint density at radius 2 is 1.71 bits per heavy atom. The topological polar surface area (TPSA) is 38.3 Å². The summed E-state index contributed by atoms with van der Waals surface area (Å²) in [5, 5.41) is 3.25. The minimum atomic E-state index is -0.545. The van der Waals surface area contributed by atoms with Gasteiger partial charge < -0.3 is 4.74 Å². The molecule has 2 aromatic rings. The molecule has 1 N–H and O–H groups in total. The van der Waals surface area contributed by atoms with Crippen molar-refractivity contribution in [3.63, 3.8) is 0 Å². The molecule has 0 aliphatic carbocycles. The second-order valence-electron chi connectivity index (χ2n) is 4.85. The molecule has 0 fully saturated rings. The molecule has 0 heterocycles. The van der Waals surface area contributed by atoms with E-state index in [4.69, 9.17) is 16.3 Å². The molecule has 0 saturated heterocycles. The van der Waals surface area contributed by atoms with Crippen LogP contribution in [0.25, 0.3) is 0 Å². The van der Waals surface area contributed by atoms with Crippen LogP contribution in [0, 0.1) is 20.8 Å². The summed E-state index contributed by atoms with van der Waals surface area (Å²) in [7, 11) is 0. The lowest BCUT2D eigenvalue weighted by molar-refractivity contribution is 0.215. The van der Waals surface area contributed by atoms with Crippen LogP contribution in [-0.2, 0) is 0 Å². The van der Waals surface area contributed by atoms with Crippen molar-refractivity contribution in [2.75, 3.05) is 5.32 Å². The fourth-order valence-electron chi connectivity index (χ4n) is 1.89. The molecule has 110 valence electrons. The number of rotatable bonds is 2. The molecule has 3 nitrogen and oxygen atoms in total. The maximum Gasteiger partial charge on any atom is 0.417 e. The van der Waals surface area contributed by atoms with Crippen molar-refractivity contribution < 1.29 is 9.53 Å². The molecule has 0 aliphatic heterocycles. The summed E-state index contributed by atoms with van der Waals surface area (Å²) in [5.41, 5.74) is 3.57. The predicted octanol–water partition coefficient (Wildman–Crippen LogP) is 5.64. The number of anilines is 1. The molecule has 0 spiro atoms. The number of amides is 1. The van der Waals surface area contributed by atoms with Crippen LogP contribution in [0.1, 0.15) is 16.7 Å². The van der Waals surface area contributed by atoms with Crippen LogP contribution >= 0.6 is 27.5 Å². The normalized spacial score (nSPS) is 10.3. The van der Waals surface area contributed by atoms with Gasteiger partial charge in [-0.05, 0) is 61.7 Å². The number of halogens is 2. The monoisotopic (exact) mass is 367 g/mol. The van der Waals surface area contributed by atoms with E-state index >= 15 is 0 Å². The summed E-state index contributed by atoms with van der Waals surface area (Å²) in [5.74, 6) is 0.504. The van der Waals surface area contributed by atoms with E-state index in [1.54, 1.807) is 24.3 Å². The molecule has 5 heteroatoms. The Morgan fingerprint density at radius 1 is 1.10 bits per heavy atom. The molecule has 1 amide bonds. The van der Waals surface area contributed by atoms with Crippen molar-refractivity contribution in [3.05, 3.63) is 56.5 Å². The quantitative estimate of drug-likeness (QED) is 0.745. The van der Waals surface area contributed by atoms with E-state index in [0.717, 1.165) is 21.2 Å². The Hall–Kier alpha value is -1.52. The standard InChI is InChI=1S/C16H15BrClNO2/c1-9-4-5-12(8-14(9)18)19-16(20)21-13-6-10(2)15(17)11(3)7-13/h4-8H,1-3H3,(H,19,20). The number of ether oxygens (including phenoxy) is 1. The molecule has 0 bridgehead atoms. The fraction of sp³-hybridized carbons (Fsp3) is 0.188. The first-order valence-corrected chi connectivity index (χ1v) is 7.55. The van der Waals surface area contributed by atoms with Crippen molar-refractivity contribution in [3.8, 4) is 5.75 Å². The minimum absolute atomic E-state index is 0.504. The van der Waals surface area contributed by atoms with Gasteiger partial charge in [-0.15, -0.1) is 0 Å². The minimum Gasteiger partial charge on any atom is -0.410 e. The molecular formula is C16H15BrClNO2. The number of carbonyl (C=O) groups is 1. The van der Waals surface area contributed by atoms with E-state index in [1.165, 1.54) is 0 Å². The summed E-state index contributed by atoms with van der Waals surface area (Å²) in [6, 6.07) is 8.92. The summed E-state index contributed by atoms with van der Waals surface area (Å²) in [4.78, 5) is 11.9. The van der Waals surface area contributed by atoms with Crippen LogP contribution in [0.5, 0.6) is 5.75 Å². The van der Waals surface area contributed by atoms with Crippen molar-refractivity contribution >= 4 is 39.3 Å². The van der Waals surface area contributed by atoms with Crippen LogP contribution in [0.2, 0.25) is 5.02 Å². The van der Waals surface area contributed by atoms with Gasteiger partial charge in [-0.2, -0.15) is 0 Å². The molecule has 0 saturated carbocycles. The van der Waals surface area contributed by atoms with E-state index in [-0.39, 0.29) is 0 Å². The highest BCUT2D eigenvalue weighted by Gasteiger charge is 2.09. The smallest absolute Gasteiger partial charge is 0.410 e. The van der Waals surface area contributed by atoms with Gasteiger partial charge in [-0.1, -0.05) is 33.6 Å². The van der Waals surface area contributed by atoms with Crippen molar-refractivity contribution in [1.29, 1.82) is 0 Å². The predicted molar refractivity (Wildman–Crippen MR) is 89.5 cm³/mol. The lowest BCUT2D eigenvalue weighted by Gasteiger charge is -2.10. The van der Waals surface area contributed by atoms with Crippen molar-refractivity contribution in [2.24, 2.45) is 0 Å². The van der Waals surface area contributed by atoms with Crippen LogP contribution in [-0.4, -0.2) is 6.09 Å². The van der Waals surface area contributed by atoms with Gasteiger partial charge in [0.05, 0.1) is 0 Å². The molecule has 0 atom stereocenters. The van der Waals surface area contributed by atoms with Crippen LogP contribution < -0.4 is 10.1 Å². The van der Waals surface area contributed by atoms with Crippen LogP contribution in [0.4, 0.5) is 10.5 Å². The van der Waals surface area contributed by atoms with Crippen molar-refractivity contribution in [1.82, 2.24) is 0 Å². The molecule has 0 unspecified atom stereocenters. The highest BCUT2D eigenvalue weighted by molar-refractivity contribution is 9.10. The number of nitrogens with one attached hydrogen (secondary N) is 1. The van der Waals surface area contributed by atoms with Crippen LogP contribution in [0.3, 0.4) is 0 Å². The average Bonchev–Trinajstić information content (AvgIpc) is 2.40. The second-order valence-corrected chi connectivity index (χ2v) is 6.05. The molecule has 2 rings (SSSR count). The first kappa shape index (κ1) is 15.9. The fourth-order valence-corrected chi connectivity index (χ4v) is 2.30. The lowest BCUT2D eigenvalue weighted by Crippen LogP contribution is -2.16. The van der Waals surface area contributed by atoms with E-state index in [0.29, 0.717) is 16.5 Å². The third-order valence-corrected chi connectivity index (χ3v) is 4.70. The first-order chi connectivity index (χ1) is 9.86. The molecule has 0 radical (unpaired) electrons. The van der Waals surface area contributed by atoms with E-state index in [2.05, 4.69) is 21.2 Å². The van der Waals surface area contributed by atoms with Gasteiger partial charge in [0.1, 0.15) is 5.75 Å². The van der Waals surface area contributed by atoms with Crippen molar-refractivity contribution in [2.45, 2.75) is 20.8 Å². The number of aryl methyl sites for hydroxylation is 3. The average molecular weight is 369 g/mol. The zero-order valence-corrected chi connectivity index (χ0v) is 14.3. The highest BCUT2D eigenvalue weighted by Crippen LogP contribution is 2.27. The summed E-state index contributed by atoms with van der Waals surface area (Å²) >= 11 is 9.50. The maximum atomic E-state index is 11.9. The van der Waals surface area contributed by atoms with Gasteiger partial charge in [0.2, 0.25) is 0 Å². The number of benzene rings is 2. The summed E-state index contributed by atoms with van der Waals surface area (Å²) < 4.78 is 6.31. The third-order valence-electron chi connectivity index (χ3n) is 3.04.